The maximum Gasteiger partial charge on any atom is 0.338 e. The van der Waals surface area contributed by atoms with E-state index in [1.54, 1.807) is 31.4 Å². The van der Waals surface area contributed by atoms with Gasteiger partial charge in [-0.25, -0.2) is 4.79 Å². The predicted octanol–water partition coefficient (Wildman–Crippen LogP) is 5.33. The predicted molar refractivity (Wildman–Crippen MR) is 141 cm³/mol. The van der Waals surface area contributed by atoms with Crippen molar-refractivity contribution >= 4 is 11.8 Å². The van der Waals surface area contributed by atoms with Crippen LogP contribution < -0.4 is 0 Å². The number of Topliss-reactive ketones (excluding diaryl/α,β-unsaturated/α-hetero) is 1. The SMILES string of the molecule is C=C1[C@@H](OCOC)CC[C@]2(C)[C@@H]1C[C@@H]1[C@H](OC(=O)c3ccccc3)C(=O)C[C@H]([C@H]3OC(C)(C)O[C@@H]32)C1(C)C. The molecule has 1 saturated heterocycles. The fourth-order valence-corrected chi connectivity index (χ4v) is 7.76. The zero-order valence-electron chi connectivity index (χ0n) is 23.5. The number of hydrogen-bond donors (Lipinski definition) is 0. The summed E-state index contributed by atoms with van der Waals surface area (Å²) < 4.78 is 30.6. The van der Waals surface area contributed by atoms with Gasteiger partial charge in [-0.2, -0.15) is 0 Å². The molecule has 1 heterocycles. The second-order valence-corrected chi connectivity index (χ2v) is 12.9. The Bertz CT molecular complexity index is 1080. The van der Waals surface area contributed by atoms with Gasteiger partial charge in [0.1, 0.15) is 6.79 Å². The second kappa shape index (κ2) is 9.84. The number of carbonyl (C=O) groups excluding carboxylic acids is 2. The van der Waals surface area contributed by atoms with E-state index in [0.29, 0.717) is 12.0 Å². The third kappa shape index (κ3) is 4.55. The Labute approximate surface area is 226 Å². The zero-order valence-corrected chi connectivity index (χ0v) is 23.5. The van der Waals surface area contributed by atoms with Crippen molar-refractivity contribution in [3.8, 4) is 0 Å². The number of benzene rings is 1. The molecule has 5 rings (SSSR count). The highest BCUT2D eigenvalue weighted by atomic mass is 16.8. The van der Waals surface area contributed by atoms with Gasteiger partial charge in [-0.05, 0) is 62.1 Å². The van der Waals surface area contributed by atoms with Gasteiger partial charge in [-0.15, -0.1) is 0 Å². The van der Waals surface area contributed by atoms with E-state index in [-0.39, 0.29) is 65.9 Å². The first-order valence-electron chi connectivity index (χ1n) is 13.8. The Hall–Kier alpha value is -2.06. The Kier molecular flexibility index (Phi) is 7.13. The highest BCUT2D eigenvalue weighted by Gasteiger charge is 2.65. The third-order valence-corrected chi connectivity index (χ3v) is 9.91. The molecule has 7 heteroatoms. The van der Waals surface area contributed by atoms with Gasteiger partial charge in [-0.1, -0.05) is 45.5 Å². The van der Waals surface area contributed by atoms with Crippen LogP contribution in [0.2, 0.25) is 0 Å². The van der Waals surface area contributed by atoms with E-state index in [9.17, 15) is 9.59 Å². The minimum absolute atomic E-state index is 0.0165. The fourth-order valence-electron chi connectivity index (χ4n) is 7.76. The topological polar surface area (TPSA) is 80.3 Å². The van der Waals surface area contributed by atoms with Crippen molar-refractivity contribution in [3.05, 3.63) is 48.0 Å². The molecule has 3 aliphatic carbocycles. The lowest BCUT2D eigenvalue weighted by Crippen LogP contribution is -2.62. The van der Waals surface area contributed by atoms with Crippen molar-refractivity contribution in [2.45, 2.75) is 90.5 Å². The molecule has 0 unspecified atom stereocenters. The average molecular weight is 527 g/mol. The molecule has 4 fully saturated rings. The largest absolute Gasteiger partial charge is 0.450 e. The molecule has 0 N–H and O–H groups in total. The molecule has 0 radical (unpaired) electrons. The quantitative estimate of drug-likeness (QED) is 0.291. The maximum atomic E-state index is 13.8. The molecule has 1 aromatic rings. The molecule has 1 aromatic carbocycles. The monoisotopic (exact) mass is 526 g/mol. The summed E-state index contributed by atoms with van der Waals surface area (Å²) >= 11 is 0. The van der Waals surface area contributed by atoms with Crippen LogP contribution in [0.1, 0.15) is 70.7 Å². The van der Waals surface area contributed by atoms with Gasteiger partial charge in [0.05, 0.1) is 23.9 Å². The summed E-state index contributed by atoms with van der Waals surface area (Å²) in [6.07, 6.45) is 1.19. The molecule has 2 bridgehead atoms. The molecule has 0 aromatic heterocycles. The second-order valence-electron chi connectivity index (χ2n) is 12.9. The van der Waals surface area contributed by atoms with Crippen molar-refractivity contribution in [2.24, 2.45) is 28.6 Å². The summed E-state index contributed by atoms with van der Waals surface area (Å²) in [4.78, 5) is 26.9. The minimum atomic E-state index is -0.835. The summed E-state index contributed by atoms with van der Waals surface area (Å²) in [5, 5.41) is 0. The van der Waals surface area contributed by atoms with Gasteiger partial charge in [0.15, 0.2) is 17.7 Å². The molecule has 4 aliphatic rings. The number of methoxy groups -OCH3 is 1. The third-order valence-electron chi connectivity index (χ3n) is 9.91. The molecule has 8 atom stereocenters. The lowest BCUT2D eigenvalue weighted by atomic mass is 9.48. The molecule has 0 spiro atoms. The first kappa shape index (κ1) is 27.5. The lowest BCUT2D eigenvalue weighted by molar-refractivity contribution is -0.171. The van der Waals surface area contributed by atoms with Gasteiger partial charge in [-0.3, -0.25) is 4.79 Å². The number of carbonyl (C=O) groups is 2. The molecular formula is C31H42O7. The van der Waals surface area contributed by atoms with E-state index < -0.39 is 17.9 Å². The number of fused-ring (bicyclic) bond motifs is 6. The molecule has 0 amide bonds. The van der Waals surface area contributed by atoms with Crippen LogP contribution >= 0.6 is 0 Å². The van der Waals surface area contributed by atoms with Crippen LogP contribution in [0.15, 0.2) is 42.5 Å². The van der Waals surface area contributed by atoms with E-state index in [1.165, 1.54) is 0 Å². The molecular weight excluding hydrogens is 484 g/mol. The Morgan fingerprint density at radius 3 is 2.47 bits per heavy atom. The summed E-state index contributed by atoms with van der Waals surface area (Å²) in [5.41, 5.74) is 0.803. The number of hydrogen-bond acceptors (Lipinski definition) is 7. The molecule has 7 nitrogen and oxygen atoms in total. The summed E-state index contributed by atoms with van der Waals surface area (Å²) in [6, 6.07) is 8.88. The van der Waals surface area contributed by atoms with E-state index in [0.717, 1.165) is 18.4 Å². The van der Waals surface area contributed by atoms with Crippen LogP contribution in [-0.4, -0.2) is 55.9 Å². The number of ketones is 1. The molecule has 1 aliphatic heterocycles. The van der Waals surface area contributed by atoms with Gasteiger partial charge in [0.2, 0.25) is 0 Å². The normalized spacial score (nSPS) is 39.5. The van der Waals surface area contributed by atoms with E-state index in [2.05, 4.69) is 27.4 Å². The summed E-state index contributed by atoms with van der Waals surface area (Å²) in [5.74, 6) is -1.57. The van der Waals surface area contributed by atoms with Crippen molar-refractivity contribution < 1.29 is 33.3 Å². The number of ether oxygens (including phenoxy) is 5. The fraction of sp³-hybridized carbons (Fsp3) is 0.677. The highest BCUT2D eigenvalue weighted by Crippen LogP contribution is 2.62. The Morgan fingerprint density at radius 1 is 1.08 bits per heavy atom. The highest BCUT2D eigenvalue weighted by molar-refractivity contribution is 5.93. The van der Waals surface area contributed by atoms with Crippen LogP contribution in [0.5, 0.6) is 0 Å². The van der Waals surface area contributed by atoms with Crippen molar-refractivity contribution in [1.29, 1.82) is 0 Å². The first-order valence-corrected chi connectivity index (χ1v) is 13.8. The average Bonchev–Trinajstić information content (AvgIpc) is 3.20. The maximum absolute atomic E-state index is 13.8. The van der Waals surface area contributed by atoms with Crippen LogP contribution in [0.25, 0.3) is 0 Å². The van der Waals surface area contributed by atoms with E-state index in [4.69, 9.17) is 23.7 Å². The van der Waals surface area contributed by atoms with Crippen LogP contribution in [-0.2, 0) is 28.5 Å². The van der Waals surface area contributed by atoms with Crippen molar-refractivity contribution in [2.75, 3.05) is 13.9 Å². The molecule has 3 saturated carbocycles. The van der Waals surface area contributed by atoms with Gasteiger partial charge >= 0.3 is 5.97 Å². The smallest absolute Gasteiger partial charge is 0.338 e. The minimum Gasteiger partial charge on any atom is -0.450 e. The van der Waals surface area contributed by atoms with Gasteiger partial charge < -0.3 is 23.7 Å². The van der Waals surface area contributed by atoms with Gasteiger partial charge in [0, 0.05) is 30.8 Å². The summed E-state index contributed by atoms with van der Waals surface area (Å²) in [7, 11) is 1.61. The molecule has 38 heavy (non-hydrogen) atoms. The zero-order chi connectivity index (χ0) is 27.5. The Balaban J connectivity index is 1.56. The first-order chi connectivity index (χ1) is 17.9. The molecule has 208 valence electrons. The van der Waals surface area contributed by atoms with Crippen molar-refractivity contribution in [3.63, 3.8) is 0 Å². The van der Waals surface area contributed by atoms with E-state index >= 15 is 0 Å². The number of esters is 1. The van der Waals surface area contributed by atoms with Crippen LogP contribution in [0.4, 0.5) is 0 Å². The standard InChI is InChI=1S/C31H42O7/c1-18-20-15-21-25(36-28(33)19-11-9-8-10-12-19)23(32)16-22(29(21,2)3)26-27(38-30(4,5)37-26)31(20,6)14-13-24(18)35-17-34-7/h8-12,20-22,24-27H,1,13-17H2,2-7H3/t20-,21-,22-,24+,25+,26-,27+,31-/m1/s1. The number of rotatable bonds is 5. The Morgan fingerprint density at radius 2 is 1.79 bits per heavy atom. The van der Waals surface area contributed by atoms with Crippen LogP contribution in [0.3, 0.4) is 0 Å². The van der Waals surface area contributed by atoms with E-state index in [1.807, 2.05) is 19.9 Å². The van der Waals surface area contributed by atoms with Crippen molar-refractivity contribution in [1.82, 2.24) is 0 Å². The lowest BCUT2D eigenvalue weighted by Gasteiger charge is -2.58. The van der Waals surface area contributed by atoms with Gasteiger partial charge in [0.25, 0.3) is 0 Å². The van der Waals surface area contributed by atoms with Crippen LogP contribution in [0, 0.1) is 28.6 Å². The summed E-state index contributed by atoms with van der Waals surface area (Å²) in [6.45, 7) is 15.3.